The molecule has 0 spiro atoms. The van der Waals surface area contributed by atoms with Crippen molar-refractivity contribution in [3.8, 4) is 0 Å². The molecule has 0 aliphatic heterocycles. The molecule has 7 heavy (non-hydrogen) atoms. The number of esters is 1. The molecule has 0 saturated carbocycles. The van der Waals surface area contributed by atoms with Crippen LogP contribution < -0.4 is 0 Å². The molecule has 0 N–H and O–H groups in total. The zero-order valence-corrected chi connectivity index (χ0v) is 5.54. The average Bonchev–Trinajstić information content (AvgIpc) is 1.68. The fraction of sp³-hybridized carbons (Fsp3) is 0.333. The molecule has 0 unspecified atom stereocenters. The van der Waals surface area contributed by atoms with Crippen LogP contribution in [-0.4, -0.2) is 16.9 Å². The average molecular weight is 214 g/mol. The number of hydrogen-bond donors (Lipinski definition) is 0. The molecule has 0 aliphatic rings. The van der Waals surface area contributed by atoms with Gasteiger partial charge in [0.25, 0.3) is 0 Å². The molecular weight excluding hydrogens is 211 g/mol. The van der Waals surface area contributed by atoms with Crippen LogP contribution in [-0.2, 0) is 14.3 Å². The third-order valence-electron chi connectivity index (χ3n) is 0.289. The van der Waals surface area contributed by atoms with Crippen LogP contribution >= 0.6 is 22.6 Å². The van der Waals surface area contributed by atoms with Gasteiger partial charge in [-0.25, -0.2) is 0 Å². The lowest BCUT2D eigenvalue weighted by Crippen LogP contribution is -2.02. The highest BCUT2D eigenvalue weighted by atomic mass is 127. The van der Waals surface area contributed by atoms with Crippen LogP contribution in [0.5, 0.6) is 0 Å². The normalized spacial score (nSPS) is 7.57. The highest BCUT2D eigenvalue weighted by molar-refractivity contribution is 14.1. The van der Waals surface area contributed by atoms with Crippen LogP contribution in [0.4, 0.5) is 0 Å². The molecule has 0 aromatic carbocycles. The highest BCUT2D eigenvalue weighted by Gasteiger charge is 1.93. The minimum Gasteiger partial charge on any atom is -0.395 e. The Labute approximate surface area is 54.2 Å². The first-order valence-corrected chi connectivity index (χ1v) is 3.03. The topological polar surface area (TPSA) is 43.4 Å². The molecule has 4 heteroatoms. The molecule has 0 aromatic rings. The Morgan fingerprint density at radius 1 is 1.86 bits per heavy atom. The lowest BCUT2D eigenvalue weighted by Gasteiger charge is -1.84. The van der Waals surface area contributed by atoms with Gasteiger partial charge in [0.15, 0.2) is 0 Å². The van der Waals surface area contributed by atoms with Crippen molar-refractivity contribution in [3.05, 3.63) is 0 Å². The van der Waals surface area contributed by atoms with Gasteiger partial charge in [0.2, 0.25) is 0 Å². The van der Waals surface area contributed by atoms with Gasteiger partial charge in [0, 0.05) is 0 Å². The molecule has 40 valence electrons. The van der Waals surface area contributed by atoms with Gasteiger partial charge >= 0.3 is 12.4 Å². The van der Waals surface area contributed by atoms with E-state index in [-0.39, 0.29) is 10.9 Å². The second-order valence-corrected chi connectivity index (χ2v) is 1.48. The number of rotatable bonds is 2. The van der Waals surface area contributed by atoms with E-state index in [0.717, 1.165) is 0 Å². The van der Waals surface area contributed by atoms with E-state index in [4.69, 9.17) is 0 Å². The Morgan fingerprint density at radius 2 is 2.43 bits per heavy atom. The summed E-state index contributed by atoms with van der Waals surface area (Å²) in [5, 5.41) is 0. The monoisotopic (exact) mass is 214 g/mol. The Balaban J connectivity index is 3.17. The lowest BCUT2D eigenvalue weighted by atomic mass is 10.8. The molecule has 0 aliphatic carbocycles. The summed E-state index contributed by atoms with van der Waals surface area (Å²) in [6.07, 6.45) is 0. The van der Waals surface area contributed by atoms with E-state index in [0.29, 0.717) is 0 Å². The Hall–Kier alpha value is -0.130. The van der Waals surface area contributed by atoms with Crippen molar-refractivity contribution in [2.24, 2.45) is 0 Å². The fourth-order valence-corrected chi connectivity index (χ4v) is 0.265. The molecule has 0 heterocycles. The van der Waals surface area contributed by atoms with E-state index < -0.39 is 5.97 Å². The van der Waals surface area contributed by atoms with Gasteiger partial charge in [0.05, 0.1) is 4.43 Å². The second-order valence-electron chi connectivity index (χ2n) is 0.720. The van der Waals surface area contributed by atoms with Gasteiger partial charge in [-0.3, -0.25) is 9.59 Å². The SMILES string of the molecule is O=COC(=O)CI. The molecular formula is C3H3IO3. The summed E-state index contributed by atoms with van der Waals surface area (Å²) >= 11 is 1.80. The van der Waals surface area contributed by atoms with E-state index in [1.807, 2.05) is 0 Å². The molecule has 0 amide bonds. The Kier molecular flexibility index (Phi) is 3.97. The van der Waals surface area contributed by atoms with Gasteiger partial charge in [-0.1, -0.05) is 22.6 Å². The molecule has 3 nitrogen and oxygen atoms in total. The van der Waals surface area contributed by atoms with E-state index >= 15 is 0 Å². The van der Waals surface area contributed by atoms with Crippen LogP contribution in [0.2, 0.25) is 0 Å². The van der Waals surface area contributed by atoms with Crippen molar-refractivity contribution in [2.75, 3.05) is 4.43 Å². The van der Waals surface area contributed by atoms with E-state index in [1.165, 1.54) is 0 Å². The summed E-state index contributed by atoms with van der Waals surface area (Å²) in [5.74, 6) is -0.504. The first-order valence-electron chi connectivity index (χ1n) is 1.50. The van der Waals surface area contributed by atoms with Crippen LogP contribution in [0.3, 0.4) is 0 Å². The fourth-order valence-electron chi connectivity index (χ4n) is 0.0852. The van der Waals surface area contributed by atoms with E-state index in [2.05, 4.69) is 4.74 Å². The van der Waals surface area contributed by atoms with Crippen LogP contribution in [0, 0.1) is 0 Å². The minimum atomic E-state index is -0.504. The maximum Gasteiger partial charge on any atom is 0.323 e. The van der Waals surface area contributed by atoms with Gasteiger partial charge in [-0.2, -0.15) is 0 Å². The first kappa shape index (κ1) is 6.87. The smallest absolute Gasteiger partial charge is 0.323 e. The number of carbonyl (C=O) groups excluding carboxylic acids is 2. The van der Waals surface area contributed by atoms with Crippen molar-refractivity contribution >= 4 is 35.0 Å². The zero-order chi connectivity index (χ0) is 5.70. The molecule has 0 atom stereocenters. The van der Waals surface area contributed by atoms with Crippen LogP contribution in [0.25, 0.3) is 0 Å². The molecule has 0 bridgehead atoms. The zero-order valence-electron chi connectivity index (χ0n) is 3.39. The maximum absolute atomic E-state index is 9.95. The number of alkyl halides is 1. The summed E-state index contributed by atoms with van der Waals surface area (Å²) in [7, 11) is 0. The Morgan fingerprint density at radius 3 is 2.57 bits per heavy atom. The van der Waals surface area contributed by atoms with Crippen molar-refractivity contribution in [3.63, 3.8) is 0 Å². The third kappa shape index (κ3) is 3.71. The molecule has 0 rings (SSSR count). The number of hydrogen-bond acceptors (Lipinski definition) is 3. The molecule has 0 aromatic heterocycles. The predicted molar refractivity (Wildman–Crippen MR) is 31.0 cm³/mol. The summed E-state index contributed by atoms with van der Waals surface area (Å²) in [6, 6.07) is 0. The van der Waals surface area contributed by atoms with Crippen LogP contribution in [0.15, 0.2) is 0 Å². The van der Waals surface area contributed by atoms with Gasteiger partial charge in [-0.05, 0) is 0 Å². The van der Waals surface area contributed by atoms with E-state index in [1.54, 1.807) is 22.6 Å². The van der Waals surface area contributed by atoms with Crippen molar-refractivity contribution < 1.29 is 14.3 Å². The molecule has 0 fully saturated rings. The molecule has 0 radical (unpaired) electrons. The van der Waals surface area contributed by atoms with Crippen LogP contribution in [0.1, 0.15) is 0 Å². The van der Waals surface area contributed by atoms with Crippen molar-refractivity contribution in [1.82, 2.24) is 0 Å². The first-order chi connectivity index (χ1) is 3.31. The van der Waals surface area contributed by atoms with Gasteiger partial charge in [0.1, 0.15) is 0 Å². The van der Waals surface area contributed by atoms with Crippen molar-refractivity contribution in [1.29, 1.82) is 0 Å². The summed E-state index contributed by atoms with van der Waals surface area (Å²) in [4.78, 5) is 19.3. The lowest BCUT2D eigenvalue weighted by molar-refractivity contribution is -0.148. The molecule has 0 saturated heterocycles. The van der Waals surface area contributed by atoms with Gasteiger partial charge < -0.3 is 4.74 Å². The summed E-state index contributed by atoms with van der Waals surface area (Å²) < 4.78 is 4.08. The number of ether oxygens (including phenoxy) is 1. The third-order valence-corrected chi connectivity index (χ3v) is 0.911. The standard InChI is InChI=1S/C3H3IO3/c4-1-3(6)7-2-5/h2H,1H2. The van der Waals surface area contributed by atoms with Crippen molar-refractivity contribution in [2.45, 2.75) is 0 Å². The summed E-state index contributed by atoms with van der Waals surface area (Å²) in [5.41, 5.74) is 0. The maximum atomic E-state index is 9.95. The second kappa shape index (κ2) is 4.04. The van der Waals surface area contributed by atoms with Gasteiger partial charge in [-0.15, -0.1) is 0 Å². The number of carbonyl (C=O) groups is 2. The Bertz CT molecular complexity index is 80.2. The predicted octanol–water partition coefficient (Wildman–Crippen LogP) is 0.121. The summed E-state index contributed by atoms with van der Waals surface area (Å²) in [6.45, 7) is 0.126. The quantitative estimate of drug-likeness (QED) is 0.215. The largest absolute Gasteiger partial charge is 0.395 e. The number of halogens is 1. The van der Waals surface area contributed by atoms with E-state index in [9.17, 15) is 9.59 Å². The minimum absolute atomic E-state index is 0.126. The highest BCUT2D eigenvalue weighted by Crippen LogP contribution is 1.81.